The number of nitrogens with zero attached hydrogens (tertiary/aromatic N) is 1. The van der Waals surface area contributed by atoms with Crippen LogP contribution in [0.4, 0.5) is 11.4 Å². The van der Waals surface area contributed by atoms with Gasteiger partial charge in [0, 0.05) is 18.7 Å². The molecule has 1 aromatic rings. The van der Waals surface area contributed by atoms with Gasteiger partial charge in [0.25, 0.3) is 11.6 Å². The van der Waals surface area contributed by atoms with Crippen LogP contribution in [0.5, 0.6) is 0 Å². The number of anilines is 1. The number of carbonyl (C=O) groups is 1. The van der Waals surface area contributed by atoms with Gasteiger partial charge in [0.1, 0.15) is 0 Å². The summed E-state index contributed by atoms with van der Waals surface area (Å²) in [5.74, 6) is 6.18. The van der Waals surface area contributed by atoms with Crippen LogP contribution in [0.15, 0.2) is 18.2 Å². The Morgan fingerprint density at radius 1 is 1.55 bits per heavy atom. The molecule has 0 aliphatic carbocycles. The molecule has 1 atom stereocenters. The number of rotatable bonds is 7. The van der Waals surface area contributed by atoms with Crippen LogP contribution in [0.25, 0.3) is 0 Å². The third-order valence-corrected chi connectivity index (χ3v) is 3.58. The summed E-state index contributed by atoms with van der Waals surface area (Å²) < 4.78 is 0. The van der Waals surface area contributed by atoms with E-state index in [-0.39, 0.29) is 17.2 Å². The number of benzene rings is 1. The van der Waals surface area contributed by atoms with Crippen LogP contribution < -0.4 is 16.6 Å². The second kappa shape index (κ2) is 7.71. The lowest BCUT2D eigenvalue weighted by Crippen LogP contribution is -2.30. The van der Waals surface area contributed by atoms with Gasteiger partial charge >= 0.3 is 0 Å². The molecule has 0 spiro atoms. The molecule has 1 amide bonds. The van der Waals surface area contributed by atoms with Gasteiger partial charge in [0.05, 0.1) is 16.2 Å². The van der Waals surface area contributed by atoms with Gasteiger partial charge in [0.15, 0.2) is 0 Å². The molecule has 8 heteroatoms. The van der Waals surface area contributed by atoms with Gasteiger partial charge in [-0.25, -0.2) is 0 Å². The maximum absolute atomic E-state index is 12.1. The smallest absolute Gasteiger partial charge is 0.270 e. The first-order valence-electron chi connectivity index (χ1n) is 6.01. The molecule has 1 rings (SSSR count). The molecular formula is C12H18N4O3S. The molecule has 0 saturated heterocycles. The van der Waals surface area contributed by atoms with E-state index in [0.717, 1.165) is 5.75 Å². The minimum absolute atomic E-state index is 0.147. The van der Waals surface area contributed by atoms with Gasteiger partial charge in [-0.15, -0.1) is 0 Å². The average Bonchev–Trinajstić information content (AvgIpc) is 2.44. The van der Waals surface area contributed by atoms with Crippen LogP contribution >= 0.6 is 11.8 Å². The Morgan fingerprint density at radius 3 is 2.80 bits per heavy atom. The van der Waals surface area contributed by atoms with Gasteiger partial charge in [-0.1, -0.05) is 6.92 Å². The van der Waals surface area contributed by atoms with E-state index in [0.29, 0.717) is 18.2 Å². The summed E-state index contributed by atoms with van der Waals surface area (Å²) in [7, 11) is 0. The first-order chi connectivity index (χ1) is 9.49. The Balaban J connectivity index is 2.84. The van der Waals surface area contributed by atoms with Gasteiger partial charge in [0.2, 0.25) is 0 Å². The summed E-state index contributed by atoms with van der Waals surface area (Å²) in [5.41, 5.74) is 2.74. The monoisotopic (exact) mass is 298 g/mol. The molecule has 0 radical (unpaired) electrons. The fourth-order valence-electron chi connectivity index (χ4n) is 1.67. The minimum atomic E-state index is -0.548. The maximum atomic E-state index is 12.1. The van der Waals surface area contributed by atoms with Crippen LogP contribution in [-0.4, -0.2) is 29.4 Å². The summed E-state index contributed by atoms with van der Waals surface area (Å²) in [6.45, 7) is 2.53. The van der Waals surface area contributed by atoms with Crippen LogP contribution in [0.2, 0.25) is 0 Å². The van der Waals surface area contributed by atoms with E-state index in [4.69, 9.17) is 5.84 Å². The number of nitrogens with two attached hydrogens (primary N) is 1. The highest BCUT2D eigenvalue weighted by atomic mass is 32.2. The maximum Gasteiger partial charge on any atom is 0.270 e. The van der Waals surface area contributed by atoms with Crippen LogP contribution in [-0.2, 0) is 0 Å². The Kier molecular flexibility index (Phi) is 6.26. The van der Waals surface area contributed by atoms with Crippen molar-refractivity contribution in [1.82, 2.24) is 5.32 Å². The van der Waals surface area contributed by atoms with Crippen molar-refractivity contribution in [2.24, 2.45) is 11.8 Å². The van der Waals surface area contributed by atoms with Gasteiger partial charge in [-0.05, 0) is 24.0 Å². The molecule has 0 saturated carbocycles. The highest BCUT2D eigenvalue weighted by molar-refractivity contribution is 7.98. The zero-order valence-electron chi connectivity index (χ0n) is 11.4. The van der Waals surface area contributed by atoms with E-state index >= 15 is 0 Å². The Labute approximate surface area is 121 Å². The summed E-state index contributed by atoms with van der Waals surface area (Å²) in [4.78, 5) is 22.3. The molecule has 110 valence electrons. The molecule has 4 N–H and O–H groups in total. The van der Waals surface area contributed by atoms with E-state index in [9.17, 15) is 14.9 Å². The van der Waals surface area contributed by atoms with Crippen molar-refractivity contribution in [3.05, 3.63) is 33.9 Å². The molecule has 7 nitrogen and oxygen atoms in total. The first-order valence-corrected chi connectivity index (χ1v) is 7.41. The zero-order chi connectivity index (χ0) is 15.1. The van der Waals surface area contributed by atoms with Crippen molar-refractivity contribution < 1.29 is 9.72 Å². The second-order valence-electron chi connectivity index (χ2n) is 4.40. The predicted octanol–water partition coefficient (Wildman–Crippen LogP) is 1.61. The number of thioether (sulfide) groups is 1. The van der Waals surface area contributed by atoms with E-state index in [1.165, 1.54) is 18.2 Å². The molecule has 0 heterocycles. The number of nitrogen functional groups attached to an aromatic ring is 1. The van der Waals surface area contributed by atoms with Crippen molar-refractivity contribution in [2.45, 2.75) is 6.92 Å². The predicted molar refractivity (Wildman–Crippen MR) is 80.8 cm³/mol. The van der Waals surface area contributed by atoms with Crippen molar-refractivity contribution in [2.75, 3.05) is 24.0 Å². The lowest BCUT2D eigenvalue weighted by molar-refractivity contribution is -0.384. The van der Waals surface area contributed by atoms with Gasteiger partial charge in [-0.2, -0.15) is 11.8 Å². The molecule has 1 aromatic carbocycles. The van der Waals surface area contributed by atoms with Gasteiger partial charge < -0.3 is 10.7 Å². The van der Waals surface area contributed by atoms with E-state index in [1.54, 1.807) is 11.8 Å². The topological polar surface area (TPSA) is 110 Å². The van der Waals surface area contributed by atoms with Crippen LogP contribution in [0, 0.1) is 16.0 Å². The summed E-state index contributed by atoms with van der Waals surface area (Å²) in [5, 5.41) is 13.5. The number of hydrogen-bond donors (Lipinski definition) is 3. The average molecular weight is 298 g/mol. The highest BCUT2D eigenvalue weighted by Crippen LogP contribution is 2.21. The van der Waals surface area contributed by atoms with Crippen LogP contribution in [0.3, 0.4) is 0 Å². The molecule has 0 fully saturated rings. The standard InChI is InChI=1S/C12H18N4O3S/c1-8(7-20-2)6-14-12(17)10-5-9(16(18)19)3-4-11(10)15-13/h3-5,8,15H,6-7,13H2,1-2H3,(H,14,17). The molecule has 0 aliphatic rings. The van der Waals surface area contributed by atoms with Crippen molar-refractivity contribution in [1.29, 1.82) is 0 Å². The Hall–Kier alpha value is -1.80. The van der Waals surface area contributed by atoms with E-state index in [2.05, 4.69) is 10.7 Å². The Morgan fingerprint density at radius 2 is 2.25 bits per heavy atom. The number of carbonyl (C=O) groups excluding carboxylic acids is 1. The van der Waals surface area contributed by atoms with Gasteiger partial charge in [-0.3, -0.25) is 20.8 Å². The van der Waals surface area contributed by atoms with Crippen molar-refractivity contribution in [3.63, 3.8) is 0 Å². The largest absolute Gasteiger partial charge is 0.352 e. The number of hydrogen-bond acceptors (Lipinski definition) is 6. The number of non-ortho nitro benzene ring substituents is 1. The molecule has 0 bridgehead atoms. The van der Waals surface area contributed by atoms with Crippen LogP contribution in [0.1, 0.15) is 17.3 Å². The molecule has 0 aliphatic heterocycles. The van der Waals surface area contributed by atoms with Crippen molar-refractivity contribution >= 4 is 29.0 Å². The third-order valence-electron chi connectivity index (χ3n) is 2.68. The van der Waals surface area contributed by atoms with E-state index < -0.39 is 4.92 Å². The number of amides is 1. The SMILES string of the molecule is CSCC(C)CNC(=O)c1cc([N+](=O)[O-])ccc1NN. The zero-order valence-corrected chi connectivity index (χ0v) is 12.2. The lowest BCUT2D eigenvalue weighted by atomic mass is 10.1. The normalized spacial score (nSPS) is 11.8. The molecule has 20 heavy (non-hydrogen) atoms. The number of nitro benzene ring substituents is 1. The number of nitrogens with one attached hydrogen (secondary N) is 2. The highest BCUT2D eigenvalue weighted by Gasteiger charge is 2.16. The summed E-state index contributed by atoms with van der Waals surface area (Å²) in [6, 6.07) is 3.92. The minimum Gasteiger partial charge on any atom is -0.352 e. The lowest BCUT2D eigenvalue weighted by Gasteiger charge is -2.13. The number of nitro groups is 1. The summed E-state index contributed by atoms with van der Waals surface area (Å²) in [6.07, 6.45) is 2.00. The summed E-state index contributed by atoms with van der Waals surface area (Å²) >= 11 is 1.70. The first kappa shape index (κ1) is 16.3. The quantitative estimate of drug-likeness (QED) is 0.401. The third kappa shape index (κ3) is 4.39. The molecule has 1 unspecified atom stereocenters. The molecular weight excluding hydrogens is 280 g/mol. The van der Waals surface area contributed by atoms with Crippen molar-refractivity contribution in [3.8, 4) is 0 Å². The number of hydrazine groups is 1. The molecule has 0 aromatic heterocycles. The fraction of sp³-hybridized carbons (Fsp3) is 0.417. The second-order valence-corrected chi connectivity index (χ2v) is 5.31. The van der Waals surface area contributed by atoms with E-state index in [1.807, 2.05) is 13.2 Å². The Bertz CT molecular complexity index is 496. The fourth-order valence-corrected chi connectivity index (χ4v) is 2.35.